The first-order valence-corrected chi connectivity index (χ1v) is 7.33. The molecule has 0 amide bonds. The highest BCUT2D eigenvalue weighted by molar-refractivity contribution is 5.52. The number of phenols is 3. The standard InChI is InChI=1S/C17H19NO4/c1-22-15-5-3-11-6-7-18-12(16(11)17(15)21)8-10-2-4-13(19)14(20)9-10/h2-5,9,12,18-21H,6-8H2,1H3/p+1. The molecule has 0 bridgehead atoms. The molecule has 0 aromatic heterocycles. The molecule has 0 fully saturated rings. The van der Waals surface area contributed by atoms with Gasteiger partial charge in [-0.05, 0) is 29.3 Å². The molecule has 0 saturated heterocycles. The molecule has 5 nitrogen and oxygen atoms in total. The zero-order valence-electron chi connectivity index (χ0n) is 12.4. The average molecular weight is 302 g/mol. The zero-order valence-corrected chi connectivity index (χ0v) is 12.4. The van der Waals surface area contributed by atoms with E-state index in [0.29, 0.717) is 12.2 Å². The van der Waals surface area contributed by atoms with Gasteiger partial charge in [0, 0.05) is 12.8 Å². The van der Waals surface area contributed by atoms with Gasteiger partial charge in [-0.3, -0.25) is 0 Å². The number of nitrogens with two attached hydrogens (primary N) is 1. The smallest absolute Gasteiger partial charge is 0.167 e. The van der Waals surface area contributed by atoms with Crippen molar-refractivity contribution in [2.45, 2.75) is 18.9 Å². The van der Waals surface area contributed by atoms with Gasteiger partial charge >= 0.3 is 0 Å². The van der Waals surface area contributed by atoms with E-state index in [2.05, 4.69) is 5.32 Å². The number of quaternary nitrogens is 1. The highest BCUT2D eigenvalue weighted by atomic mass is 16.5. The molecule has 116 valence electrons. The van der Waals surface area contributed by atoms with Crippen LogP contribution in [0.2, 0.25) is 0 Å². The topological polar surface area (TPSA) is 86.5 Å². The second-order valence-corrected chi connectivity index (χ2v) is 5.60. The minimum Gasteiger partial charge on any atom is -0.504 e. The predicted molar refractivity (Wildman–Crippen MR) is 81.4 cm³/mol. The maximum atomic E-state index is 10.4. The Morgan fingerprint density at radius 2 is 1.95 bits per heavy atom. The number of phenolic OH excluding ortho intramolecular Hbond substituents is 3. The van der Waals surface area contributed by atoms with E-state index < -0.39 is 0 Å². The van der Waals surface area contributed by atoms with E-state index >= 15 is 0 Å². The minimum absolute atomic E-state index is 0.0581. The molecular formula is C17H20NO4+. The molecule has 2 aromatic carbocycles. The van der Waals surface area contributed by atoms with Crippen molar-refractivity contribution in [2.24, 2.45) is 0 Å². The Balaban J connectivity index is 1.95. The number of hydrogen-bond acceptors (Lipinski definition) is 4. The zero-order chi connectivity index (χ0) is 15.7. The third kappa shape index (κ3) is 2.55. The second-order valence-electron chi connectivity index (χ2n) is 5.60. The Morgan fingerprint density at radius 3 is 2.68 bits per heavy atom. The monoisotopic (exact) mass is 302 g/mol. The van der Waals surface area contributed by atoms with E-state index in [0.717, 1.165) is 29.7 Å². The molecule has 22 heavy (non-hydrogen) atoms. The maximum Gasteiger partial charge on any atom is 0.167 e. The van der Waals surface area contributed by atoms with Crippen molar-refractivity contribution in [1.29, 1.82) is 0 Å². The first-order valence-electron chi connectivity index (χ1n) is 7.33. The Kier molecular flexibility index (Phi) is 3.81. The summed E-state index contributed by atoms with van der Waals surface area (Å²) >= 11 is 0. The van der Waals surface area contributed by atoms with Gasteiger partial charge in [-0.1, -0.05) is 12.1 Å². The van der Waals surface area contributed by atoms with Gasteiger partial charge in [-0.15, -0.1) is 0 Å². The van der Waals surface area contributed by atoms with Gasteiger partial charge in [0.15, 0.2) is 23.0 Å². The number of benzene rings is 2. The first kappa shape index (κ1) is 14.5. The number of ether oxygens (including phenoxy) is 1. The van der Waals surface area contributed by atoms with Crippen molar-refractivity contribution in [3.63, 3.8) is 0 Å². The molecule has 0 radical (unpaired) electrons. The van der Waals surface area contributed by atoms with Gasteiger partial charge in [0.2, 0.25) is 0 Å². The van der Waals surface area contributed by atoms with Crippen LogP contribution in [0.25, 0.3) is 0 Å². The van der Waals surface area contributed by atoms with Crippen molar-refractivity contribution >= 4 is 0 Å². The van der Waals surface area contributed by atoms with Gasteiger partial charge in [-0.2, -0.15) is 0 Å². The second kappa shape index (κ2) is 5.77. The molecule has 0 aliphatic carbocycles. The van der Waals surface area contributed by atoms with E-state index in [1.807, 2.05) is 6.07 Å². The average Bonchev–Trinajstić information content (AvgIpc) is 2.51. The van der Waals surface area contributed by atoms with Gasteiger partial charge < -0.3 is 25.4 Å². The van der Waals surface area contributed by atoms with Crippen LogP contribution in [0.5, 0.6) is 23.0 Å². The molecule has 1 heterocycles. The highest BCUT2D eigenvalue weighted by Crippen LogP contribution is 2.38. The summed E-state index contributed by atoms with van der Waals surface area (Å²) < 4.78 is 5.21. The Bertz CT molecular complexity index is 699. The maximum absolute atomic E-state index is 10.4. The van der Waals surface area contributed by atoms with E-state index in [1.54, 1.807) is 25.3 Å². The van der Waals surface area contributed by atoms with Crippen LogP contribution in [-0.2, 0) is 12.8 Å². The Labute approximate surface area is 128 Å². The normalized spacial score (nSPS) is 17.0. The quantitative estimate of drug-likeness (QED) is 0.642. The van der Waals surface area contributed by atoms with E-state index in [1.165, 1.54) is 6.07 Å². The molecule has 1 aliphatic heterocycles. The summed E-state index contributed by atoms with van der Waals surface area (Å²) in [6.07, 6.45) is 1.56. The lowest BCUT2D eigenvalue weighted by Gasteiger charge is -2.25. The van der Waals surface area contributed by atoms with Crippen LogP contribution in [-0.4, -0.2) is 29.0 Å². The summed E-state index contributed by atoms with van der Waals surface area (Å²) in [5.41, 5.74) is 2.94. The largest absolute Gasteiger partial charge is 0.504 e. The fourth-order valence-electron chi connectivity index (χ4n) is 3.12. The molecule has 1 aliphatic rings. The van der Waals surface area contributed by atoms with Crippen LogP contribution in [0.4, 0.5) is 0 Å². The van der Waals surface area contributed by atoms with Gasteiger partial charge in [0.25, 0.3) is 0 Å². The highest BCUT2D eigenvalue weighted by Gasteiger charge is 2.28. The third-order valence-electron chi connectivity index (χ3n) is 4.22. The van der Waals surface area contributed by atoms with Crippen LogP contribution >= 0.6 is 0 Å². The minimum atomic E-state index is -0.124. The molecule has 2 aromatic rings. The number of fused-ring (bicyclic) bond motifs is 1. The molecule has 1 unspecified atom stereocenters. The number of hydrogen-bond donors (Lipinski definition) is 4. The van der Waals surface area contributed by atoms with Gasteiger partial charge in [-0.25, -0.2) is 0 Å². The summed E-state index contributed by atoms with van der Waals surface area (Å²) in [4.78, 5) is 0. The summed E-state index contributed by atoms with van der Waals surface area (Å²) in [5, 5.41) is 31.7. The van der Waals surface area contributed by atoms with Crippen LogP contribution in [0.1, 0.15) is 22.7 Å². The van der Waals surface area contributed by atoms with E-state index in [4.69, 9.17) is 4.74 Å². The number of rotatable bonds is 3. The number of methoxy groups -OCH3 is 1. The number of aromatic hydroxyl groups is 3. The SMILES string of the molecule is COc1ccc2c(c1O)C(Cc1ccc(O)c(O)c1)[NH2+]CC2. The van der Waals surface area contributed by atoms with Gasteiger partial charge in [0.1, 0.15) is 6.04 Å². The molecule has 5 heteroatoms. The lowest BCUT2D eigenvalue weighted by Crippen LogP contribution is -2.87. The van der Waals surface area contributed by atoms with Crippen LogP contribution in [0.15, 0.2) is 30.3 Å². The van der Waals surface area contributed by atoms with E-state index in [-0.39, 0.29) is 23.3 Å². The molecule has 1 atom stereocenters. The molecular weight excluding hydrogens is 282 g/mol. The summed E-state index contributed by atoms with van der Waals surface area (Å²) in [6.45, 7) is 0.952. The Hall–Kier alpha value is -2.40. The lowest BCUT2D eigenvalue weighted by molar-refractivity contribution is -0.698. The molecule has 0 saturated carbocycles. The van der Waals surface area contributed by atoms with Crippen molar-refractivity contribution in [1.82, 2.24) is 0 Å². The molecule has 3 rings (SSSR count). The van der Waals surface area contributed by atoms with E-state index in [9.17, 15) is 15.3 Å². The van der Waals surface area contributed by atoms with Gasteiger partial charge in [0.05, 0.1) is 19.2 Å². The van der Waals surface area contributed by atoms with Crippen molar-refractivity contribution in [2.75, 3.05) is 13.7 Å². The fraction of sp³-hybridized carbons (Fsp3) is 0.294. The van der Waals surface area contributed by atoms with Crippen LogP contribution in [0, 0.1) is 0 Å². The summed E-state index contributed by atoms with van der Waals surface area (Å²) in [7, 11) is 1.54. The lowest BCUT2D eigenvalue weighted by atomic mass is 9.89. The van der Waals surface area contributed by atoms with Crippen molar-refractivity contribution in [3.8, 4) is 23.0 Å². The van der Waals surface area contributed by atoms with Crippen LogP contribution in [0.3, 0.4) is 0 Å². The fourth-order valence-corrected chi connectivity index (χ4v) is 3.12. The van der Waals surface area contributed by atoms with Crippen molar-refractivity contribution < 1.29 is 25.4 Å². The third-order valence-corrected chi connectivity index (χ3v) is 4.22. The summed E-state index contributed by atoms with van der Waals surface area (Å²) in [6, 6.07) is 8.69. The Morgan fingerprint density at radius 1 is 1.14 bits per heavy atom. The molecule has 5 N–H and O–H groups in total. The molecule has 0 spiro atoms. The van der Waals surface area contributed by atoms with Crippen molar-refractivity contribution in [3.05, 3.63) is 47.0 Å². The van der Waals surface area contributed by atoms with Crippen LogP contribution < -0.4 is 10.1 Å². The first-order chi connectivity index (χ1) is 10.6. The predicted octanol–water partition coefficient (Wildman–Crippen LogP) is 1.22. The summed E-state index contributed by atoms with van der Waals surface area (Å²) in [5.74, 6) is 0.432.